The third-order valence-corrected chi connectivity index (χ3v) is 6.09. The minimum absolute atomic E-state index is 0.00110. The van der Waals surface area contributed by atoms with Gasteiger partial charge in [-0.05, 0) is 37.0 Å². The van der Waals surface area contributed by atoms with Gasteiger partial charge in [0.2, 0.25) is 10.0 Å². The van der Waals surface area contributed by atoms with E-state index in [4.69, 9.17) is 4.74 Å². The minimum Gasteiger partial charge on any atom is -0.495 e. The van der Waals surface area contributed by atoms with E-state index in [0.29, 0.717) is 11.7 Å². The van der Waals surface area contributed by atoms with Crippen LogP contribution in [0, 0.1) is 5.92 Å². The van der Waals surface area contributed by atoms with Crippen molar-refractivity contribution < 1.29 is 13.2 Å². The van der Waals surface area contributed by atoms with E-state index in [-0.39, 0.29) is 10.9 Å². The summed E-state index contributed by atoms with van der Waals surface area (Å²) < 4.78 is 34.1. The Morgan fingerprint density at radius 1 is 1.24 bits per heavy atom. The average Bonchev–Trinajstić information content (AvgIpc) is 2.64. The van der Waals surface area contributed by atoms with Crippen molar-refractivity contribution in [1.82, 2.24) is 4.72 Å². The number of hydrogen-bond acceptors (Lipinski definition) is 3. The zero-order valence-electron chi connectivity index (χ0n) is 12.4. The number of sulfonamides is 1. The molecule has 2 unspecified atom stereocenters. The van der Waals surface area contributed by atoms with E-state index in [2.05, 4.69) is 27.6 Å². The topological polar surface area (TPSA) is 55.4 Å². The van der Waals surface area contributed by atoms with Crippen LogP contribution in [-0.2, 0) is 10.0 Å². The zero-order chi connectivity index (χ0) is 15.5. The molecule has 0 heterocycles. The van der Waals surface area contributed by atoms with Crippen molar-refractivity contribution in [1.29, 1.82) is 0 Å². The van der Waals surface area contributed by atoms with Crippen LogP contribution in [0.25, 0.3) is 0 Å². The number of ether oxygens (including phenoxy) is 1. The third kappa shape index (κ3) is 4.20. The van der Waals surface area contributed by atoms with E-state index in [1.165, 1.54) is 20.0 Å². The van der Waals surface area contributed by atoms with Gasteiger partial charge in [-0.2, -0.15) is 0 Å². The average molecular weight is 376 g/mol. The van der Waals surface area contributed by atoms with Crippen molar-refractivity contribution in [3.63, 3.8) is 0 Å². The van der Waals surface area contributed by atoms with Crippen molar-refractivity contribution in [2.75, 3.05) is 7.11 Å². The fourth-order valence-corrected chi connectivity index (χ4v) is 4.88. The summed E-state index contributed by atoms with van der Waals surface area (Å²) in [4.78, 5) is 0.191. The standard InChI is InChI=1S/C15H22BrNO3S/c1-11-6-4-3-5-7-13(11)17-21(18,19)15-10-12(16)8-9-14(15)20-2/h8-11,13,17H,3-7H2,1-2H3. The van der Waals surface area contributed by atoms with Gasteiger partial charge in [0.1, 0.15) is 10.6 Å². The van der Waals surface area contributed by atoms with E-state index >= 15 is 0 Å². The molecule has 1 aromatic carbocycles. The summed E-state index contributed by atoms with van der Waals surface area (Å²) in [5.74, 6) is 0.729. The maximum Gasteiger partial charge on any atom is 0.244 e. The van der Waals surface area contributed by atoms with Gasteiger partial charge in [-0.15, -0.1) is 0 Å². The molecule has 2 rings (SSSR count). The molecule has 1 aliphatic carbocycles. The molecule has 1 aliphatic rings. The molecular formula is C15H22BrNO3S. The molecule has 6 heteroatoms. The molecule has 1 saturated carbocycles. The number of halogens is 1. The first-order valence-corrected chi connectivity index (χ1v) is 9.57. The molecule has 1 aromatic rings. The SMILES string of the molecule is COc1ccc(Br)cc1S(=O)(=O)NC1CCCCCC1C. The van der Waals surface area contributed by atoms with Crippen molar-refractivity contribution >= 4 is 26.0 Å². The van der Waals surface area contributed by atoms with Crippen LogP contribution in [0.1, 0.15) is 39.0 Å². The lowest BCUT2D eigenvalue weighted by molar-refractivity contribution is 0.391. The Morgan fingerprint density at radius 2 is 1.95 bits per heavy atom. The van der Waals surface area contributed by atoms with E-state index in [1.807, 2.05) is 0 Å². The van der Waals surface area contributed by atoms with Gasteiger partial charge in [0.15, 0.2) is 0 Å². The molecule has 1 fully saturated rings. The molecule has 0 aliphatic heterocycles. The quantitative estimate of drug-likeness (QED) is 0.816. The van der Waals surface area contributed by atoms with E-state index < -0.39 is 10.0 Å². The molecular weight excluding hydrogens is 354 g/mol. The molecule has 0 amide bonds. The van der Waals surface area contributed by atoms with Gasteiger partial charge in [0.25, 0.3) is 0 Å². The first-order valence-electron chi connectivity index (χ1n) is 7.30. The van der Waals surface area contributed by atoms with Crippen LogP contribution in [-0.4, -0.2) is 21.6 Å². The highest BCUT2D eigenvalue weighted by Gasteiger charge is 2.27. The molecule has 0 bridgehead atoms. The van der Waals surface area contributed by atoms with Crippen molar-refractivity contribution in [2.45, 2.75) is 50.0 Å². The van der Waals surface area contributed by atoms with Crippen LogP contribution < -0.4 is 9.46 Å². The molecule has 0 aromatic heterocycles. The Morgan fingerprint density at radius 3 is 2.67 bits per heavy atom. The molecule has 4 nitrogen and oxygen atoms in total. The highest BCUT2D eigenvalue weighted by atomic mass is 79.9. The smallest absolute Gasteiger partial charge is 0.244 e. The Hall–Kier alpha value is -0.590. The molecule has 1 N–H and O–H groups in total. The van der Waals surface area contributed by atoms with Gasteiger partial charge in [-0.25, -0.2) is 13.1 Å². The van der Waals surface area contributed by atoms with Gasteiger partial charge in [-0.1, -0.05) is 42.1 Å². The summed E-state index contributed by atoms with van der Waals surface area (Å²) in [6.07, 6.45) is 5.41. The zero-order valence-corrected chi connectivity index (χ0v) is 14.8. The maximum absolute atomic E-state index is 12.7. The minimum atomic E-state index is -3.58. The van der Waals surface area contributed by atoms with E-state index in [1.54, 1.807) is 18.2 Å². The monoisotopic (exact) mass is 375 g/mol. The highest BCUT2D eigenvalue weighted by Crippen LogP contribution is 2.29. The summed E-state index contributed by atoms with van der Waals surface area (Å²) in [6.45, 7) is 2.12. The molecule has 2 atom stereocenters. The van der Waals surface area contributed by atoms with Crippen LogP contribution >= 0.6 is 15.9 Å². The van der Waals surface area contributed by atoms with E-state index in [9.17, 15) is 8.42 Å². The van der Waals surface area contributed by atoms with Gasteiger partial charge >= 0.3 is 0 Å². The number of nitrogens with one attached hydrogen (secondary N) is 1. The first-order chi connectivity index (χ1) is 9.94. The number of hydrogen-bond donors (Lipinski definition) is 1. The number of methoxy groups -OCH3 is 1. The Labute approximate surface area is 135 Å². The third-order valence-electron chi connectivity index (χ3n) is 4.08. The first kappa shape index (κ1) is 16.8. The number of benzene rings is 1. The lowest BCUT2D eigenvalue weighted by atomic mass is 9.98. The lowest BCUT2D eigenvalue weighted by Gasteiger charge is -2.23. The summed E-state index contributed by atoms with van der Waals surface area (Å²) in [5, 5.41) is 0. The van der Waals surface area contributed by atoms with Gasteiger partial charge < -0.3 is 4.74 Å². The summed E-state index contributed by atoms with van der Waals surface area (Å²) in [7, 11) is -2.10. The van der Waals surface area contributed by atoms with Crippen molar-refractivity contribution in [2.24, 2.45) is 5.92 Å². The van der Waals surface area contributed by atoms with Crippen LogP contribution in [0.5, 0.6) is 5.75 Å². The Balaban J connectivity index is 2.27. The van der Waals surface area contributed by atoms with Crippen molar-refractivity contribution in [3.8, 4) is 5.75 Å². The second-order valence-electron chi connectivity index (χ2n) is 5.64. The summed E-state index contributed by atoms with van der Waals surface area (Å²) in [5.41, 5.74) is 0. The van der Waals surface area contributed by atoms with Crippen LogP contribution in [0.2, 0.25) is 0 Å². The molecule has 0 radical (unpaired) electrons. The fourth-order valence-electron chi connectivity index (χ4n) is 2.79. The van der Waals surface area contributed by atoms with Gasteiger partial charge in [0, 0.05) is 10.5 Å². The fraction of sp³-hybridized carbons (Fsp3) is 0.600. The largest absolute Gasteiger partial charge is 0.495 e. The second kappa shape index (κ2) is 7.11. The summed E-state index contributed by atoms with van der Waals surface area (Å²) in [6, 6.07) is 5.02. The highest BCUT2D eigenvalue weighted by molar-refractivity contribution is 9.10. The Kier molecular flexibility index (Phi) is 5.68. The summed E-state index contributed by atoms with van der Waals surface area (Å²) >= 11 is 3.32. The normalized spacial score (nSPS) is 23.6. The molecule has 21 heavy (non-hydrogen) atoms. The maximum atomic E-state index is 12.7. The molecule has 118 valence electrons. The second-order valence-corrected chi connectivity index (χ2v) is 8.24. The van der Waals surface area contributed by atoms with Crippen LogP contribution in [0.15, 0.2) is 27.6 Å². The van der Waals surface area contributed by atoms with Gasteiger partial charge in [0.05, 0.1) is 7.11 Å². The van der Waals surface area contributed by atoms with Crippen LogP contribution in [0.4, 0.5) is 0 Å². The predicted molar refractivity (Wildman–Crippen MR) is 87.1 cm³/mol. The predicted octanol–water partition coefficient (Wildman–Crippen LogP) is 3.70. The number of rotatable bonds is 4. The molecule has 0 spiro atoms. The Bertz CT molecular complexity index is 589. The lowest BCUT2D eigenvalue weighted by Crippen LogP contribution is -2.38. The van der Waals surface area contributed by atoms with Gasteiger partial charge in [-0.3, -0.25) is 0 Å². The van der Waals surface area contributed by atoms with Crippen molar-refractivity contribution in [3.05, 3.63) is 22.7 Å². The van der Waals surface area contributed by atoms with Crippen LogP contribution in [0.3, 0.4) is 0 Å². The molecule has 0 saturated heterocycles. The van der Waals surface area contributed by atoms with E-state index in [0.717, 1.165) is 23.7 Å².